The summed E-state index contributed by atoms with van der Waals surface area (Å²) in [6.07, 6.45) is -5.08. The largest absolute Gasteiger partial charge is 2.00 e. The molecule has 1 aromatic carbocycles. The SMILES string of the molecule is CC(C)([N-]C(=O)C(F)(F)F)c1cccc(C(C)(C)c2cccc(-c3[c-]cc(F)cc3F)n2)n1.[Pt+2]. The van der Waals surface area contributed by atoms with Crippen molar-refractivity contribution in [2.24, 2.45) is 0 Å². The van der Waals surface area contributed by atoms with E-state index in [2.05, 4.69) is 21.4 Å². The number of nitrogens with zero attached hydrogens (tertiary/aromatic N) is 3. The first-order chi connectivity index (χ1) is 15.2. The molecule has 1 amide bonds. The van der Waals surface area contributed by atoms with Crippen molar-refractivity contribution >= 4 is 5.91 Å². The Bertz CT molecular complexity index is 1200. The van der Waals surface area contributed by atoms with E-state index in [1.807, 2.05) is 0 Å². The molecule has 10 heteroatoms. The molecule has 0 saturated carbocycles. The predicted molar refractivity (Wildman–Crippen MR) is 112 cm³/mol. The van der Waals surface area contributed by atoms with Crippen LogP contribution < -0.4 is 0 Å². The maximum atomic E-state index is 14.2. The Hall–Kier alpha value is -2.67. The summed E-state index contributed by atoms with van der Waals surface area (Å²) in [7, 11) is 0. The maximum absolute atomic E-state index is 14.2. The number of carbonyl (C=O) groups excluding carboxylic acids is 1. The first kappa shape index (κ1) is 27.6. The van der Waals surface area contributed by atoms with Crippen molar-refractivity contribution in [2.75, 3.05) is 0 Å². The molecule has 2 heterocycles. The number of alkyl halides is 3. The standard InChI is InChI=1S/C24H21F5N3O.Pt/c1-22(2,18-8-5-7-17(30-18)15-12-11-14(25)13-16(15)26)19-9-6-10-20(31-19)23(3,4)32-21(33)24(27,28)29;/h5-11,13H,1-4H3,(H,32,33);/q-1;+2/p-1. The maximum Gasteiger partial charge on any atom is 2.00 e. The second-order valence-electron chi connectivity index (χ2n) is 8.46. The van der Waals surface area contributed by atoms with Gasteiger partial charge >= 0.3 is 27.2 Å². The minimum atomic E-state index is -5.08. The third-order valence-electron chi connectivity index (χ3n) is 5.14. The van der Waals surface area contributed by atoms with Gasteiger partial charge in [0.25, 0.3) is 0 Å². The van der Waals surface area contributed by atoms with Crippen LogP contribution in [0.25, 0.3) is 16.6 Å². The van der Waals surface area contributed by atoms with Gasteiger partial charge in [-0.15, -0.1) is 12.1 Å². The zero-order chi connectivity index (χ0) is 24.6. The second-order valence-corrected chi connectivity index (χ2v) is 8.46. The number of halogens is 5. The van der Waals surface area contributed by atoms with E-state index in [0.717, 1.165) is 12.1 Å². The Morgan fingerprint density at radius 3 is 2.06 bits per heavy atom. The molecule has 0 bridgehead atoms. The van der Waals surface area contributed by atoms with Crippen molar-refractivity contribution < 1.29 is 47.8 Å². The summed E-state index contributed by atoms with van der Waals surface area (Å²) in [5.74, 6) is -3.76. The van der Waals surface area contributed by atoms with E-state index in [0.29, 0.717) is 11.4 Å². The molecule has 0 radical (unpaired) electrons. The molecule has 0 unspecified atom stereocenters. The van der Waals surface area contributed by atoms with Crippen molar-refractivity contribution in [3.8, 4) is 11.3 Å². The van der Waals surface area contributed by atoms with Gasteiger partial charge < -0.3 is 15.1 Å². The van der Waals surface area contributed by atoms with E-state index < -0.39 is 34.7 Å². The van der Waals surface area contributed by atoms with Gasteiger partial charge in [0.05, 0.1) is 5.69 Å². The summed E-state index contributed by atoms with van der Waals surface area (Å²) in [4.78, 5) is 20.4. The van der Waals surface area contributed by atoms with Gasteiger partial charge in [0, 0.05) is 28.4 Å². The molecule has 0 aliphatic rings. The zero-order valence-corrected chi connectivity index (χ0v) is 20.8. The van der Waals surface area contributed by atoms with Crippen LogP contribution >= 0.6 is 0 Å². The molecule has 34 heavy (non-hydrogen) atoms. The molecule has 0 saturated heterocycles. The zero-order valence-electron chi connectivity index (χ0n) is 18.6. The molecular weight excluding hydrogens is 636 g/mol. The van der Waals surface area contributed by atoms with Crippen LogP contribution in [-0.4, -0.2) is 22.1 Å². The molecule has 0 aliphatic carbocycles. The summed E-state index contributed by atoms with van der Waals surface area (Å²) in [6.45, 7) is 6.31. The minimum absolute atomic E-state index is 0. The predicted octanol–water partition coefficient (Wildman–Crippen LogP) is 6.24. The van der Waals surface area contributed by atoms with Gasteiger partial charge in [-0.2, -0.15) is 13.2 Å². The quantitative estimate of drug-likeness (QED) is 0.242. The van der Waals surface area contributed by atoms with Crippen LogP contribution in [0.1, 0.15) is 44.8 Å². The molecule has 0 aliphatic heterocycles. The first-order valence-electron chi connectivity index (χ1n) is 9.88. The monoisotopic (exact) mass is 656 g/mol. The third kappa shape index (κ3) is 5.87. The number of aromatic nitrogens is 2. The van der Waals surface area contributed by atoms with E-state index in [9.17, 15) is 26.7 Å². The van der Waals surface area contributed by atoms with Gasteiger partial charge in [0.1, 0.15) is 0 Å². The Kier molecular flexibility index (Phi) is 8.03. The van der Waals surface area contributed by atoms with E-state index in [1.54, 1.807) is 44.2 Å². The molecular formula is C24H20F5N3OPt. The number of rotatable bonds is 5. The summed E-state index contributed by atoms with van der Waals surface area (Å²) in [6, 6.07) is 14.0. The summed E-state index contributed by atoms with van der Waals surface area (Å²) >= 11 is 0. The van der Waals surface area contributed by atoms with Gasteiger partial charge in [-0.3, -0.25) is 13.8 Å². The average Bonchev–Trinajstić information content (AvgIpc) is 2.73. The van der Waals surface area contributed by atoms with E-state index in [1.165, 1.54) is 19.9 Å². The van der Waals surface area contributed by atoms with Crippen molar-refractivity contribution in [1.82, 2.24) is 9.97 Å². The van der Waals surface area contributed by atoms with Crippen LogP contribution in [0.15, 0.2) is 48.5 Å². The number of amides is 1. The smallest absolute Gasteiger partial charge is 0.636 e. The summed E-state index contributed by atoms with van der Waals surface area (Å²) in [5.41, 5.74) is -1.03. The number of benzene rings is 1. The Balaban J connectivity index is 0.00000408. The Morgan fingerprint density at radius 1 is 0.912 bits per heavy atom. The first-order valence-corrected chi connectivity index (χ1v) is 9.88. The van der Waals surface area contributed by atoms with E-state index >= 15 is 0 Å². The van der Waals surface area contributed by atoms with Gasteiger partial charge in [-0.05, 0) is 37.7 Å². The van der Waals surface area contributed by atoms with Crippen LogP contribution in [0.4, 0.5) is 22.0 Å². The Morgan fingerprint density at radius 2 is 1.47 bits per heavy atom. The van der Waals surface area contributed by atoms with Crippen LogP contribution in [0.5, 0.6) is 0 Å². The fraction of sp³-hybridized carbons (Fsp3) is 0.292. The third-order valence-corrected chi connectivity index (χ3v) is 5.14. The fourth-order valence-corrected chi connectivity index (χ4v) is 3.19. The Labute approximate surface area is 208 Å². The number of pyridine rings is 2. The number of hydrogen-bond donors (Lipinski definition) is 0. The molecule has 0 fully saturated rings. The van der Waals surface area contributed by atoms with Gasteiger partial charge in [0.15, 0.2) is 5.91 Å². The molecule has 0 atom stereocenters. The molecule has 2 aromatic heterocycles. The van der Waals surface area contributed by atoms with Crippen LogP contribution in [-0.2, 0) is 36.8 Å². The molecule has 4 nitrogen and oxygen atoms in total. The number of carbonyl (C=O) groups is 1. The van der Waals surface area contributed by atoms with Gasteiger partial charge in [-0.25, -0.2) is 0 Å². The molecule has 0 N–H and O–H groups in total. The average molecular weight is 657 g/mol. The van der Waals surface area contributed by atoms with E-state index in [-0.39, 0.29) is 38.0 Å². The minimum Gasteiger partial charge on any atom is -0.636 e. The molecule has 182 valence electrons. The van der Waals surface area contributed by atoms with Crippen molar-refractivity contribution in [3.05, 3.63) is 88.6 Å². The van der Waals surface area contributed by atoms with Crippen LogP contribution in [0.3, 0.4) is 0 Å². The summed E-state index contributed by atoms with van der Waals surface area (Å²) in [5, 5.41) is 3.30. The molecule has 3 aromatic rings. The van der Waals surface area contributed by atoms with Crippen molar-refractivity contribution in [2.45, 2.75) is 44.8 Å². The van der Waals surface area contributed by atoms with Gasteiger partial charge in [-0.1, -0.05) is 49.2 Å². The topological polar surface area (TPSA) is 57.0 Å². The second kappa shape index (κ2) is 9.90. The van der Waals surface area contributed by atoms with E-state index in [4.69, 9.17) is 0 Å². The van der Waals surface area contributed by atoms with Crippen LogP contribution in [0.2, 0.25) is 0 Å². The normalized spacial score (nSPS) is 12.1. The van der Waals surface area contributed by atoms with Gasteiger partial charge in [0.2, 0.25) is 0 Å². The van der Waals surface area contributed by atoms with Crippen molar-refractivity contribution in [1.29, 1.82) is 0 Å². The molecule has 0 spiro atoms. The van der Waals surface area contributed by atoms with Crippen molar-refractivity contribution in [3.63, 3.8) is 0 Å². The fourth-order valence-electron chi connectivity index (χ4n) is 3.19. The van der Waals surface area contributed by atoms with Crippen LogP contribution in [0, 0.1) is 17.7 Å². The molecule has 3 rings (SSSR count). The number of hydrogen-bond acceptors (Lipinski definition) is 3. The summed E-state index contributed by atoms with van der Waals surface area (Å²) < 4.78 is 65.5.